The number of phenols is 1. The van der Waals surface area contributed by atoms with E-state index >= 15 is 0 Å². The summed E-state index contributed by atoms with van der Waals surface area (Å²) in [7, 11) is 1.55. The normalized spacial score (nSPS) is 10.6. The number of carbonyl (C=O) groups excluding carboxylic acids is 1. The van der Waals surface area contributed by atoms with Gasteiger partial charge >= 0.3 is 0 Å². The van der Waals surface area contributed by atoms with Crippen LogP contribution in [0.1, 0.15) is 42.6 Å². The first-order valence-corrected chi connectivity index (χ1v) is 7.88. The molecular weight excluding hydrogens is 290 g/mol. The topological polar surface area (TPSA) is 58.6 Å². The zero-order valence-electron chi connectivity index (χ0n) is 13.8. The molecule has 0 saturated carbocycles. The molecule has 0 saturated heterocycles. The molecule has 0 aliphatic rings. The van der Waals surface area contributed by atoms with Crippen LogP contribution in [0.15, 0.2) is 42.5 Å². The lowest BCUT2D eigenvalue weighted by atomic mass is 10.0. The second-order valence-electron chi connectivity index (χ2n) is 5.39. The summed E-state index contributed by atoms with van der Waals surface area (Å²) in [5.74, 6) is 0.252. The summed E-state index contributed by atoms with van der Waals surface area (Å²) in [5, 5.41) is 13.9. The van der Waals surface area contributed by atoms with Crippen molar-refractivity contribution in [2.24, 2.45) is 0 Å². The molecular formula is C19H23NO3. The van der Waals surface area contributed by atoms with Crippen molar-refractivity contribution in [1.82, 2.24) is 0 Å². The molecule has 122 valence electrons. The highest BCUT2D eigenvalue weighted by molar-refractivity contribution is 6.11. The number of benzene rings is 2. The zero-order chi connectivity index (χ0) is 16.8. The Morgan fingerprint density at radius 2 is 1.78 bits per heavy atom. The predicted molar refractivity (Wildman–Crippen MR) is 92.5 cm³/mol. The van der Waals surface area contributed by atoms with Gasteiger partial charge in [0.05, 0.1) is 12.7 Å². The van der Waals surface area contributed by atoms with Crippen molar-refractivity contribution in [2.45, 2.75) is 32.7 Å². The Kier molecular flexibility index (Phi) is 5.63. The van der Waals surface area contributed by atoms with Crippen molar-refractivity contribution < 1.29 is 14.6 Å². The van der Waals surface area contributed by atoms with Gasteiger partial charge in [-0.25, -0.2) is 0 Å². The number of anilines is 1. The molecule has 4 heteroatoms. The number of carbonyl (C=O) groups is 1. The molecule has 2 aromatic carbocycles. The fourth-order valence-corrected chi connectivity index (χ4v) is 2.51. The molecule has 0 fully saturated rings. The minimum atomic E-state index is -0.210. The fraction of sp³-hybridized carbons (Fsp3) is 0.316. The highest BCUT2D eigenvalue weighted by atomic mass is 16.5. The van der Waals surface area contributed by atoms with Crippen LogP contribution >= 0.6 is 0 Å². The van der Waals surface area contributed by atoms with Crippen molar-refractivity contribution >= 4 is 11.5 Å². The number of aromatic hydroxyl groups is 1. The monoisotopic (exact) mass is 313 g/mol. The lowest BCUT2D eigenvalue weighted by Gasteiger charge is -2.20. The van der Waals surface area contributed by atoms with E-state index in [1.54, 1.807) is 43.5 Å². The minimum absolute atomic E-state index is 0.0647. The van der Waals surface area contributed by atoms with E-state index in [-0.39, 0.29) is 23.1 Å². The Balaban J connectivity index is 2.44. The van der Waals surface area contributed by atoms with Gasteiger partial charge in [0.25, 0.3) is 0 Å². The van der Waals surface area contributed by atoms with Crippen LogP contribution in [0.4, 0.5) is 5.69 Å². The molecule has 0 radical (unpaired) electrons. The number of hydrogen-bond donors (Lipinski definition) is 2. The van der Waals surface area contributed by atoms with Crippen LogP contribution in [0.5, 0.6) is 11.5 Å². The van der Waals surface area contributed by atoms with Crippen molar-refractivity contribution in [3.63, 3.8) is 0 Å². The molecule has 0 amide bonds. The van der Waals surface area contributed by atoms with Gasteiger partial charge in [-0.3, -0.25) is 4.79 Å². The summed E-state index contributed by atoms with van der Waals surface area (Å²) in [6.45, 7) is 4.15. The maximum absolute atomic E-state index is 12.6. The summed E-state index contributed by atoms with van der Waals surface area (Å²) < 4.78 is 5.32. The quantitative estimate of drug-likeness (QED) is 0.593. The highest BCUT2D eigenvalue weighted by Crippen LogP contribution is 2.38. The van der Waals surface area contributed by atoms with Crippen LogP contribution in [-0.2, 0) is 0 Å². The van der Waals surface area contributed by atoms with E-state index < -0.39 is 0 Å². The summed E-state index contributed by atoms with van der Waals surface area (Å²) in [6.07, 6.45) is 1.83. The number of hydrogen-bond acceptors (Lipinski definition) is 4. The van der Waals surface area contributed by atoms with Crippen LogP contribution in [0.25, 0.3) is 0 Å². The fourth-order valence-electron chi connectivity index (χ4n) is 2.51. The largest absolute Gasteiger partial charge is 0.505 e. The molecule has 2 rings (SSSR count). The molecule has 0 aliphatic heterocycles. The third kappa shape index (κ3) is 3.65. The Morgan fingerprint density at radius 3 is 2.35 bits per heavy atom. The van der Waals surface area contributed by atoms with Crippen LogP contribution < -0.4 is 10.1 Å². The third-order valence-corrected chi connectivity index (χ3v) is 3.97. The second kappa shape index (κ2) is 7.68. The van der Waals surface area contributed by atoms with Crippen molar-refractivity contribution in [1.29, 1.82) is 0 Å². The second-order valence-corrected chi connectivity index (χ2v) is 5.39. The van der Waals surface area contributed by atoms with E-state index in [1.165, 1.54) is 0 Å². The number of nitrogens with one attached hydrogen (secondary N) is 1. The van der Waals surface area contributed by atoms with Crippen LogP contribution in [0.2, 0.25) is 0 Å². The first kappa shape index (κ1) is 16.9. The maximum Gasteiger partial charge on any atom is 0.196 e. The third-order valence-electron chi connectivity index (χ3n) is 3.97. The van der Waals surface area contributed by atoms with E-state index in [9.17, 15) is 9.90 Å². The Hall–Kier alpha value is -2.49. The summed E-state index contributed by atoms with van der Waals surface area (Å²) in [6, 6.07) is 12.4. The summed E-state index contributed by atoms with van der Waals surface area (Å²) in [5.41, 5.74) is 1.29. The lowest BCUT2D eigenvalue weighted by Crippen LogP contribution is -2.18. The number of phenolic OH excluding ortho intramolecular Hbond substituents is 1. The molecule has 0 aliphatic carbocycles. The van der Waals surface area contributed by atoms with Crippen molar-refractivity contribution in [3.05, 3.63) is 53.6 Å². The molecule has 0 spiro atoms. The molecule has 2 N–H and O–H groups in total. The molecule has 4 nitrogen and oxygen atoms in total. The standard InChI is InChI=1S/C19H23NO3/c1-4-14(5-2)20-17-16(23-3)12-11-15(19(17)22)18(21)13-9-7-6-8-10-13/h6-12,14,20,22H,4-5H2,1-3H3. The van der Waals surface area contributed by atoms with E-state index in [1.807, 2.05) is 6.07 Å². The van der Waals surface area contributed by atoms with Crippen LogP contribution in [0.3, 0.4) is 0 Å². The van der Waals surface area contributed by atoms with Crippen LogP contribution in [-0.4, -0.2) is 24.0 Å². The molecule has 23 heavy (non-hydrogen) atoms. The van der Waals surface area contributed by atoms with Gasteiger partial charge in [0.1, 0.15) is 11.4 Å². The van der Waals surface area contributed by atoms with Gasteiger partial charge in [0, 0.05) is 11.6 Å². The first-order valence-electron chi connectivity index (χ1n) is 7.88. The van der Waals surface area contributed by atoms with Gasteiger partial charge < -0.3 is 15.2 Å². The van der Waals surface area contributed by atoms with E-state index in [4.69, 9.17) is 4.74 Å². The Labute approximate surface area is 137 Å². The average Bonchev–Trinajstić information content (AvgIpc) is 2.60. The van der Waals surface area contributed by atoms with Crippen molar-refractivity contribution in [3.8, 4) is 11.5 Å². The minimum Gasteiger partial charge on any atom is -0.505 e. The molecule has 0 bridgehead atoms. The Bertz CT molecular complexity index is 664. The van der Waals surface area contributed by atoms with Gasteiger partial charge in [-0.2, -0.15) is 0 Å². The van der Waals surface area contributed by atoms with Gasteiger partial charge in [-0.05, 0) is 25.0 Å². The maximum atomic E-state index is 12.6. The summed E-state index contributed by atoms with van der Waals surface area (Å²) in [4.78, 5) is 12.6. The van der Waals surface area contributed by atoms with Gasteiger partial charge in [-0.1, -0.05) is 44.2 Å². The van der Waals surface area contributed by atoms with E-state index in [0.717, 1.165) is 12.8 Å². The molecule has 0 atom stereocenters. The SMILES string of the molecule is CCC(CC)Nc1c(OC)ccc(C(=O)c2ccccc2)c1O. The number of methoxy groups -OCH3 is 1. The number of rotatable bonds is 7. The lowest BCUT2D eigenvalue weighted by molar-refractivity contribution is 0.103. The predicted octanol–water partition coefficient (Wildman–Crippen LogP) is 4.23. The Morgan fingerprint density at radius 1 is 1.13 bits per heavy atom. The van der Waals surface area contributed by atoms with Crippen LogP contribution in [0, 0.1) is 0 Å². The van der Waals surface area contributed by atoms with Crippen molar-refractivity contribution in [2.75, 3.05) is 12.4 Å². The molecule has 2 aromatic rings. The highest BCUT2D eigenvalue weighted by Gasteiger charge is 2.20. The number of ether oxygens (including phenoxy) is 1. The van der Waals surface area contributed by atoms with Gasteiger partial charge in [-0.15, -0.1) is 0 Å². The summed E-state index contributed by atoms with van der Waals surface area (Å²) >= 11 is 0. The smallest absolute Gasteiger partial charge is 0.196 e. The first-order chi connectivity index (χ1) is 11.1. The van der Waals surface area contributed by atoms with Gasteiger partial charge in [0.15, 0.2) is 11.5 Å². The number of ketones is 1. The molecule has 0 unspecified atom stereocenters. The average molecular weight is 313 g/mol. The van der Waals surface area contributed by atoms with Gasteiger partial charge in [0.2, 0.25) is 0 Å². The van der Waals surface area contributed by atoms with E-state index in [0.29, 0.717) is 17.0 Å². The zero-order valence-corrected chi connectivity index (χ0v) is 13.8. The molecule has 0 heterocycles. The molecule has 0 aromatic heterocycles. The van der Waals surface area contributed by atoms with E-state index in [2.05, 4.69) is 19.2 Å².